The molecule has 0 amide bonds. The van der Waals surface area contributed by atoms with Crippen LogP contribution >= 0.6 is 15.8 Å². The van der Waals surface area contributed by atoms with Gasteiger partial charge in [-0.3, -0.25) is 22.9 Å². The van der Waals surface area contributed by atoms with Crippen molar-refractivity contribution in [2.24, 2.45) is 0 Å². The van der Waals surface area contributed by atoms with Gasteiger partial charge in [0.15, 0.2) is 0 Å². The van der Waals surface area contributed by atoms with Gasteiger partial charge in [0.2, 0.25) is 0 Å². The molecule has 37 heavy (non-hydrogen) atoms. The predicted molar refractivity (Wildman–Crippen MR) is 153 cm³/mol. The van der Waals surface area contributed by atoms with Crippen LogP contribution in [0.15, 0.2) is 166 Å². The van der Waals surface area contributed by atoms with Gasteiger partial charge >= 0.3 is 17.1 Å². The minimum absolute atomic E-state index is 0. The Labute approximate surface area is 231 Å². The smallest absolute Gasteiger partial charge is 0.286 e. The second-order valence-electron chi connectivity index (χ2n) is 7.71. The minimum atomic E-state index is -0.583. The van der Waals surface area contributed by atoms with Crippen molar-refractivity contribution < 1.29 is 17.1 Å². The van der Waals surface area contributed by atoms with Gasteiger partial charge in [0.25, 0.3) is 0 Å². The summed E-state index contributed by atoms with van der Waals surface area (Å²) in [5, 5.41) is 7.33. The predicted octanol–water partition coefficient (Wildman–Crippen LogP) is 6.57. The molecule has 0 fully saturated rings. The van der Waals surface area contributed by atoms with Crippen LogP contribution in [0.5, 0.6) is 0 Å². The molecule has 0 unspecified atom stereocenters. The molecule has 0 bridgehead atoms. The zero-order valence-corrected chi connectivity index (χ0v) is 22.7. The van der Waals surface area contributed by atoms with Crippen LogP contribution in [0.1, 0.15) is 0 Å². The number of benzene rings is 4. The van der Waals surface area contributed by atoms with E-state index >= 15 is 0 Å². The van der Waals surface area contributed by atoms with Crippen molar-refractivity contribution in [3.63, 3.8) is 0 Å². The number of allylic oxidation sites excluding steroid dienone is 4. The van der Waals surface area contributed by atoms with Crippen molar-refractivity contribution >= 4 is 37.1 Å². The first-order valence-corrected chi connectivity index (χ1v) is 14.2. The summed E-state index contributed by atoms with van der Waals surface area (Å²) in [6.07, 6.45) is 6.25. The third-order valence-electron chi connectivity index (χ3n) is 5.35. The second-order valence-corrected chi connectivity index (χ2v) is 12.0. The molecule has 3 heteroatoms. The summed E-state index contributed by atoms with van der Waals surface area (Å²) >= 11 is 0. The molecule has 0 radical (unpaired) electrons. The third-order valence-corrected chi connectivity index (χ3v) is 9.95. The Morgan fingerprint density at radius 3 is 0.892 bits per heavy atom. The van der Waals surface area contributed by atoms with Crippen LogP contribution in [0.3, 0.4) is 0 Å². The van der Waals surface area contributed by atoms with Gasteiger partial charge in [0.05, 0.1) is 0 Å². The Balaban J connectivity index is 0.000000168. The second kappa shape index (κ2) is 13.7. The standard InChI is InChI=1S/2C17H10P.Fe/c2*1-3-9-15(10-4-1)18(17-13-7-8-14-17)16-11-5-2-6-12-16;/h2*1-6,9-12H;/q2*-1;+2. The molecule has 2 aliphatic rings. The van der Waals surface area contributed by atoms with E-state index in [1.165, 1.54) is 21.2 Å². The Morgan fingerprint density at radius 2 is 0.676 bits per heavy atom. The molecule has 0 aliphatic heterocycles. The summed E-state index contributed by atoms with van der Waals surface area (Å²) < 4.78 is 0. The van der Waals surface area contributed by atoms with Gasteiger partial charge in [-0.1, -0.05) is 132 Å². The van der Waals surface area contributed by atoms with Crippen LogP contribution < -0.4 is 21.2 Å². The summed E-state index contributed by atoms with van der Waals surface area (Å²) in [5.41, 5.74) is 17.7. The summed E-state index contributed by atoms with van der Waals surface area (Å²) in [6.45, 7) is 0. The molecule has 4 aromatic rings. The van der Waals surface area contributed by atoms with Gasteiger partial charge < -0.3 is 0 Å². The number of rotatable bonds is 6. The fourth-order valence-electron chi connectivity index (χ4n) is 3.77. The van der Waals surface area contributed by atoms with E-state index in [4.69, 9.17) is 0 Å². The van der Waals surface area contributed by atoms with Crippen LogP contribution in [-0.2, 0) is 17.1 Å². The normalized spacial score (nSPS) is 11.8. The van der Waals surface area contributed by atoms with E-state index in [0.29, 0.717) is 0 Å². The van der Waals surface area contributed by atoms with Crippen molar-refractivity contribution in [2.75, 3.05) is 0 Å². The van der Waals surface area contributed by atoms with Crippen LogP contribution in [0.2, 0.25) is 0 Å². The van der Waals surface area contributed by atoms with Gasteiger partial charge in [0.1, 0.15) is 0 Å². The monoisotopic (exact) mass is 546 g/mol. The summed E-state index contributed by atoms with van der Waals surface area (Å²) in [7, 11) is -1.17. The van der Waals surface area contributed by atoms with Crippen LogP contribution in [-0.4, -0.2) is 0 Å². The first-order chi connectivity index (χ1) is 17.9. The largest absolute Gasteiger partial charge is 2.00 e. The zero-order valence-electron chi connectivity index (χ0n) is 19.8. The van der Waals surface area contributed by atoms with E-state index < -0.39 is 15.8 Å². The first-order valence-electron chi connectivity index (χ1n) is 11.5. The van der Waals surface area contributed by atoms with Gasteiger partial charge in [-0.15, -0.1) is 12.2 Å². The van der Waals surface area contributed by atoms with Crippen molar-refractivity contribution in [3.05, 3.63) is 178 Å². The quantitative estimate of drug-likeness (QED) is 0.111. The topological polar surface area (TPSA) is 0 Å². The van der Waals surface area contributed by atoms with E-state index in [1.54, 1.807) is 0 Å². The molecule has 0 heterocycles. The summed E-state index contributed by atoms with van der Waals surface area (Å²) in [4.78, 5) is 0. The molecule has 0 saturated heterocycles. The summed E-state index contributed by atoms with van der Waals surface area (Å²) in [6, 6.07) is 42.0. The van der Waals surface area contributed by atoms with Crippen molar-refractivity contribution in [3.8, 4) is 0 Å². The molecule has 0 aromatic heterocycles. The summed E-state index contributed by atoms with van der Waals surface area (Å²) in [5.74, 6) is 0. The van der Waals surface area contributed by atoms with E-state index in [2.05, 4.69) is 144 Å². The van der Waals surface area contributed by atoms with Gasteiger partial charge in [0, 0.05) is 0 Å². The molecule has 0 N–H and O–H groups in total. The molecule has 0 spiro atoms. The molecular weight excluding hydrogens is 526 g/mol. The first kappa shape index (κ1) is 26.5. The van der Waals surface area contributed by atoms with Gasteiger partial charge in [-0.2, -0.15) is 0 Å². The van der Waals surface area contributed by atoms with E-state index in [1.807, 2.05) is 24.3 Å². The average molecular weight is 546 g/mol. The molecular formula is C34H20FeP2. The van der Waals surface area contributed by atoms with E-state index in [0.717, 1.165) is 10.6 Å². The number of hydrogen-bond donors (Lipinski definition) is 0. The Kier molecular flexibility index (Phi) is 9.77. The van der Waals surface area contributed by atoms with Crippen molar-refractivity contribution in [1.82, 2.24) is 0 Å². The third kappa shape index (κ3) is 6.80. The van der Waals surface area contributed by atoms with Crippen LogP contribution in [0.4, 0.5) is 0 Å². The van der Waals surface area contributed by atoms with Crippen molar-refractivity contribution in [1.29, 1.82) is 0 Å². The fraction of sp³-hybridized carbons (Fsp3) is 0. The molecule has 6 rings (SSSR count). The zero-order chi connectivity index (χ0) is 24.4. The molecule has 174 valence electrons. The number of hydrogen-bond acceptors (Lipinski definition) is 0. The van der Waals surface area contributed by atoms with Crippen LogP contribution in [0.25, 0.3) is 0 Å². The molecule has 0 nitrogen and oxygen atoms in total. The molecule has 0 atom stereocenters. The Morgan fingerprint density at radius 1 is 0.405 bits per heavy atom. The van der Waals surface area contributed by atoms with E-state index in [9.17, 15) is 0 Å². The van der Waals surface area contributed by atoms with E-state index in [-0.39, 0.29) is 17.1 Å². The molecule has 4 aromatic carbocycles. The van der Waals surface area contributed by atoms with Crippen LogP contribution in [0, 0.1) is 12.2 Å². The Bertz CT molecular complexity index is 1410. The maximum absolute atomic E-state index is 3.13. The van der Waals surface area contributed by atoms with Gasteiger partial charge in [-0.05, 0) is 37.1 Å². The van der Waals surface area contributed by atoms with Crippen molar-refractivity contribution in [2.45, 2.75) is 0 Å². The minimum Gasteiger partial charge on any atom is -0.286 e. The fourth-order valence-corrected chi connectivity index (χ4v) is 7.95. The maximum Gasteiger partial charge on any atom is 2.00 e. The Hall–Kier alpha value is -3.58. The average Bonchev–Trinajstić information content (AvgIpc) is 3.68. The van der Waals surface area contributed by atoms with Gasteiger partial charge in [-0.25, -0.2) is 11.5 Å². The maximum atomic E-state index is 3.13. The molecule has 2 aliphatic carbocycles. The SMILES string of the molecule is C1=C=[C-]C(P(c2ccccc2)c2ccccc2)=C=1.C1=C=[C-]C(P(c2ccccc2)c2ccccc2)=C=1.[Fe+2]. The molecule has 0 saturated carbocycles.